The first kappa shape index (κ1) is 14.0. The number of rotatable bonds is 5. The third kappa shape index (κ3) is 3.80. The van der Waals surface area contributed by atoms with E-state index in [0.717, 1.165) is 5.56 Å². The van der Waals surface area contributed by atoms with Crippen LogP contribution < -0.4 is 11.1 Å². The third-order valence-corrected chi connectivity index (χ3v) is 2.91. The minimum absolute atomic E-state index is 0.148. The average Bonchev–Trinajstić information content (AvgIpc) is 2.48. The number of aliphatic hydroxyl groups is 1. The molecule has 1 aromatic carbocycles. The third-order valence-electron chi connectivity index (χ3n) is 2.91. The molecule has 1 heterocycles. The van der Waals surface area contributed by atoms with Crippen molar-refractivity contribution in [3.8, 4) is 0 Å². The molecule has 0 aliphatic rings. The van der Waals surface area contributed by atoms with Gasteiger partial charge in [-0.25, -0.2) is 0 Å². The molecule has 0 fully saturated rings. The molecule has 0 unspecified atom stereocenters. The van der Waals surface area contributed by atoms with Gasteiger partial charge < -0.3 is 16.2 Å². The molecule has 0 bridgehead atoms. The second kappa shape index (κ2) is 6.68. The standard InChI is InChI=1S/C15H17N3O2/c16-12-6-7-13(17-9-12)8-15(20)18-14(10-19)11-4-2-1-3-5-11/h1-7,9,14,19H,8,10,16H2,(H,18,20)/t14-/m0/s1. The molecule has 2 rings (SSSR count). The highest BCUT2D eigenvalue weighted by atomic mass is 16.3. The Morgan fingerprint density at radius 2 is 2.00 bits per heavy atom. The number of nitrogens with two attached hydrogens (primary N) is 1. The van der Waals surface area contributed by atoms with Gasteiger partial charge in [0.2, 0.25) is 5.91 Å². The Hall–Kier alpha value is -2.40. The zero-order chi connectivity index (χ0) is 14.4. The summed E-state index contributed by atoms with van der Waals surface area (Å²) in [6, 6.07) is 12.4. The lowest BCUT2D eigenvalue weighted by atomic mass is 10.1. The normalized spacial score (nSPS) is 11.8. The number of anilines is 1. The quantitative estimate of drug-likeness (QED) is 0.758. The highest BCUT2D eigenvalue weighted by Gasteiger charge is 2.13. The number of aliphatic hydroxyl groups excluding tert-OH is 1. The van der Waals surface area contributed by atoms with E-state index in [1.54, 1.807) is 12.1 Å². The van der Waals surface area contributed by atoms with Crippen molar-refractivity contribution in [3.63, 3.8) is 0 Å². The maximum atomic E-state index is 11.9. The number of aromatic nitrogens is 1. The van der Waals surface area contributed by atoms with Gasteiger partial charge in [-0.2, -0.15) is 0 Å². The van der Waals surface area contributed by atoms with E-state index >= 15 is 0 Å². The molecule has 1 aromatic heterocycles. The number of amides is 1. The van der Waals surface area contributed by atoms with E-state index in [4.69, 9.17) is 5.73 Å². The highest BCUT2D eigenvalue weighted by Crippen LogP contribution is 2.12. The summed E-state index contributed by atoms with van der Waals surface area (Å²) in [5.41, 5.74) is 7.61. The number of benzene rings is 1. The first-order valence-electron chi connectivity index (χ1n) is 6.34. The van der Waals surface area contributed by atoms with Crippen molar-refractivity contribution >= 4 is 11.6 Å². The number of nitrogens with one attached hydrogen (secondary N) is 1. The number of nitrogen functional groups attached to an aromatic ring is 1. The van der Waals surface area contributed by atoms with Gasteiger partial charge in [0.05, 0.1) is 31.0 Å². The molecule has 20 heavy (non-hydrogen) atoms. The van der Waals surface area contributed by atoms with Gasteiger partial charge in [0.15, 0.2) is 0 Å². The Kier molecular flexibility index (Phi) is 4.68. The largest absolute Gasteiger partial charge is 0.397 e. The van der Waals surface area contributed by atoms with E-state index in [1.807, 2.05) is 30.3 Å². The van der Waals surface area contributed by atoms with Gasteiger partial charge in [0.1, 0.15) is 0 Å². The zero-order valence-corrected chi connectivity index (χ0v) is 11.0. The van der Waals surface area contributed by atoms with E-state index in [2.05, 4.69) is 10.3 Å². The van der Waals surface area contributed by atoms with Crippen LogP contribution in [-0.2, 0) is 11.2 Å². The predicted molar refractivity (Wildman–Crippen MR) is 76.8 cm³/mol. The van der Waals surface area contributed by atoms with Crippen molar-refractivity contribution < 1.29 is 9.90 Å². The van der Waals surface area contributed by atoms with Crippen LogP contribution in [0.25, 0.3) is 0 Å². The molecule has 0 saturated carbocycles. The fraction of sp³-hybridized carbons (Fsp3) is 0.200. The summed E-state index contributed by atoms with van der Waals surface area (Å²) in [5, 5.41) is 12.2. The summed E-state index contributed by atoms with van der Waals surface area (Å²) in [7, 11) is 0. The van der Waals surface area contributed by atoms with Crippen molar-refractivity contribution in [2.75, 3.05) is 12.3 Å². The zero-order valence-electron chi connectivity index (χ0n) is 11.0. The Labute approximate surface area is 117 Å². The van der Waals surface area contributed by atoms with Crippen molar-refractivity contribution in [1.29, 1.82) is 0 Å². The molecule has 0 aliphatic carbocycles. The Morgan fingerprint density at radius 1 is 1.25 bits per heavy atom. The van der Waals surface area contributed by atoms with Gasteiger partial charge in [0, 0.05) is 5.69 Å². The van der Waals surface area contributed by atoms with Gasteiger partial charge in [-0.1, -0.05) is 30.3 Å². The molecule has 0 saturated heterocycles. The summed E-state index contributed by atoms with van der Waals surface area (Å²) in [6.07, 6.45) is 1.67. The highest BCUT2D eigenvalue weighted by molar-refractivity contribution is 5.78. The molecule has 2 aromatic rings. The number of hydrogen-bond donors (Lipinski definition) is 3. The maximum Gasteiger partial charge on any atom is 0.226 e. The number of nitrogens with zero attached hydrogens (tertiary/aromatic N) is 1. The Bertz CT molecular complexity index is 555. The minimum Gasteiger partial charge on any atom is -0.397 e. The summed E-state index contributed by atoms with van der Waals surface area (Å²) in [4.78, 5) is 16.0. The lowest BCUT2D eigenvalue weighted by molar-refractivity contribution is -0.121. The Balaban J connectivity index is 1.97. The predicted octanol–water partition coefficient (Wildman–Crippen LogP) is 1.06. The molecule has 5 nitrogen and oxygen atoms in total. The number of carbonyl (C=O) groups excluding carboxylic acids is 1. The Morgan fingerprint density at radius 3 is 2.60 bits per heavy atom. The van der Waals surface area contributed by atoms with Crippen LogP contribution in [0.15, 0.2) is 48.7 Å². The smallest absolute Gasteiger partial charge is 0.226 e. The van der Waals surface area contributed by atoms with Crippen LogP contribution in [0.3, 0.4) is 0 Å². The van der Waals surface area contributed by atoms with E-state index < -0.39 is 6.04 Å². The van der Waals surface area contributed by atoms with Crippen LogP contribution in [0.1, 0.15) is 17.3 Å². The molecule has 0 aliphatic heterocycles. The van der Waals surface area contributed by atoms with E-state index in [1.165, 1.54) is 6.20 Å². The second-order valence-electron chi connectivity index (χ2n) is 4.47. The van der Waals surface area contributed by atoms with Crippen LogP contribution >= 0.6 is 0 Å². The van der Waals surface area contributed by atoms with E-state index in [9.17, 15) is 9.90 Å². The molecule has 4 N–H and O–H groups in total. The van der Waals surface area contributed by atoms with Crippen LogP contribution in [0.2, 0.25) is 0 Å². The van der Waals surface area contributed by atoms with E-state index in [0.29, 0.717) is 11.4 Å². The summed E-state index contributed by atoms with van der Waals surface area (Å²) >= 11 is 0. The second-order valence-corrected chi connectivity index (χ2v) is 4.47. The van der Waals surface area contributed by atoms with Crippen molar-refractivity contribution in [2.45, 2.75) is 12.5 Å². The fourth-order valence-corrected chi connectivity index (χ4v) is 1.87. The topological polar surface area (TPSA) is 88.2 Å². The van der Waals surface area contributed by atoms with Crippen LogP contribution in [0, 0.1) is 0 Å². The van der Waals surface area contributed by atoms with Crippen LogP contribution in [0.4, 0.5) is 5.69 Å². The average molecular weight is 271 g/mol. The molecule has 5 heteroatoms. The molecular formula is C15H17N3O2. The first-order chi connectivity index (χ1) is 9.69. The summed E-state index contributed by atoms with van der Waals surface area (Å²) in [5.74, 6) is -0.190. The van der Waals surface area contributed by atoms with Gasteiger partial charge in [0.25, 0.3) is 0 Å². The molecule has 0 radical (unpaired) electrons. The van der Waals surface area contributed by atoms with Gasteiger partial charge in [-0.15, -0.1) is 0 Å². The maximum absolute atomic E-state index is 11.9. The minimum atomic E-state index is -0.405. The molecule has 104 valence electrons. The van der Waals surface area contributed by atoms with Crippen molar-refractivity contribution in [1.82, 2.24) is 10.3 Å². The molecule has 0 spiro atoms. The molecular weight excluding hydrogens is 254 g/mol. The monoisotopic (exact) mass is 271 g/mol. The number of pyridine rings is 1. The van der Waals surface area contributed by atoms with Gasteiger partial charge in [-0.3, -0.25) is 9.78 Å². The van der Waals surface area contributed by atoms with Gasteiger partial charge in [-0.05, 0) is 17.7 Å². The summed E-state index contributed by atoms with van der Waals surface area (Å²) in [6.45, 7) is -0.148. The molecule has 1 amide bonds. The van der Waals surface area contributed by atoms with Crippen molar-refractivity contribution in [3.05, 3.63) is 59.9 Å². The first-order valence-corrected chi connectivity index (χ1v) is 6.34. The van der Waals surface area contributed by atoms with Gasteiger partial charge >= 0.3 is 0 Å². The lowest BCUT2D eigenvalue weighted by Crippen LogP contribution is -2.32. The van der Waals surface area contributed by atoms with Crippen molar-refractivity contribution in [2.24, 2.45) is 0 Å². The molecule has 1 atom stereocenters. The van der Waals surface area contributed by atoms with Crippen LogP contribution in [-0.4, -0.2) is 22.6 Å². The lowest BCUT2D eigenvalue weighted by Gasteiger charge is -2.16. The summed E-state index contributed by atoms with van der Waals surface area (Å²) < 4.78 is 0. The van der Waals surface area contributed by atoms with E-state index in [-0.39, 0.29) is 18.9 Å². The van der Waals surface area contributed by atoms with Crippen LogP contribution in [0.5, 0.6) is 0 Å². The number of carbonyl (C=O) groups is 1. The SMILES string of the molecule is Nc1ccc(CC(=O)N[C@@H](CO)c2ccccc2)nc1. The number of hydrogen-bond acceptors (Lipinski definition) is 4. The fourth-order valence-electron chi connectivity index (χ4n) is 1.87.